The smallest absolute Gasteiger partial charge is 0.235 e. The average molecular weight is 256 g/mol. The topological polar surface area (TPSA) is 63.2 Å². The molecule has 0 aliphatic heterocycles. The number of carbonyl (C=O) groups excluding carboxylic acids is 1. The summed E-state index contributed by atoms with van der Waals surface area (Å²) in [6.45, 7) is 4.38. The van der Waals surface area contributed by atoms with E-state index in [1.165, 1.54) is 0 Å². The molecular formula is C9H18ClNO3S. The quantitative estimate of drug-likeness (QED) is 0.714. The van der Waals surface area contributed by atoms with E-state index in [0.717, 1.165) is 12.7 Å². The molecule has 0 aromatic heterocycles. The van der Waals surface area contributed by atoms with Crippen LogP contribution in [-0.4, -0.2) is 38.3 Å². The van der Waals surface area contributed by atoms with Gasteiger partial charge in [0.05, 0.1) is 5.38 Å². The van der Waals surface area contributed by atoms with Gasteiger partial charge >= 0.3 is 0 Å². The summed E-state index contributed by atoms with van der Waals surface area (Å²) in [6.07, 6.45) is 1.82. The standard InChI is InChI=1S/C9H18ClNO3S/c1-7(2)4-8(10)5-11-9(12)6-15(3,13)14/h7-8H,4-6H2,1-3H3,(H,11,12). The Kier molecular flexibility index (Phi) is 6.20. The lowest BCUT2D eigenvalue weighted by atomic mass is 10.1. The number of alkyl halides is 1. The highest BCUT2D eigenvalue weighted by molar-refractivity contribution is 7.91. The molecule has 0 fully saturated rings. The van der Waals surface area contributed by atoms with E-state index in [2.05, 4.69) is 5.32 Å². The van der Waals surface area contributed by atoms with Crippen LogP contribution in [0.4, 0.5) is 0 Å². The Hall–Kier alpha value is -0.290. The summed E-state index contributed by atoms with van der Waals surface area (Å²) in [5.74, 6) is -0.510. The van der Waals surface area contributed by atoms with E-state index in [-0.39, 0.29) is 5.38 Å². The molecule has 6 heteroatoms. The molecular weight excluding hydrogens is 238 g/mol. The second-order valence-corrected chi connectivity index (χ2v) is 6.86. The van der Waals surface area contributed by atoms with Crippen LogP contribution in [0.25, 0.3) is 0 Å². The molecule has 0 bridgehead atoms. The molecule has 90 valence electrons. The van der Waals surface area contributed by atoms with Gasteiger partial charge in [-0.25, -0.2) is 8.42 Å². The van der Waals surface area contributed by atoms with Crippen molar-refractivity contribution >= 4 is 27.3 Å². The van der Waals surface area contributed by atoms with Gasteiger partial charge in [0.25, 0.3) is 0 Å². The minimum atomic E-state index is -3.25. The highest BCUT2D eigenvalue weighted by Crippen LogP contribution is 2.09. The van der Waals surface area contributed by atoms with Gasteiger partial charge in [0.15, 0.2) is 9.84 Å². The number of amides is 1. The summed E-state index contributed by atoms with van der Waals surface area (Å²) in [4.78, 5) is 11.1. The zero-order valence-electron chi connectivity index (χ0n) is 9.29. The van der Waals surface area contributed by atoms with Crippen molar-refractivity contribution in [2.45, 2.75) is 25.6 Å². The van der Waals surface area contributed by atoms with Crippen molar-refractivity contribution in [2.75, 3.05) is 18.6 Å². The summed E-state index contributed by atoms with van der Waals surface area (Å²) in [5.41, 5.74) is 0. The second kappa shape index (κ2) is 6.33. The Morgan fingerprint density at radius 3 is 2.33 bits per heavy atom. The van der Waals surface area contributed by atoms with E-state index in [1.54, 1.807) is 0 Å². The lowest BCUT2D eigenvalue weighted by Crippen LogP contribution is -2.34. The van der Waals surface area contributed by atoms with Gasteiger partial charge in [-0.15, -0.1) is 11.6 Å². The lowest BCUT2D eigenvalue weighted by Gasteiger charge is -2.12. The Bertz CT molecular complexity index is 300. The number of carbonyl (C=O) groups is 1. The van der Waals surface area contributed by atoms with Crippen molar-refractivity contribution in [3.63, 3.8) is 0 Å². The van der Waals surface area contributed by atoms with Gasteiger partial charge in [-0.05, 0) is 12.3 Å². The van der Waals surface area contributed by atoms with Crippen LogP contribution in [0.15, 0.2) is 0 Å². The van der Waals surface area contributed by atoms with Crippen LogP contribution < -0.4 is 5.32 Å². The molecule has 0 spiro atoms. The molecule has 4 nitrogen and oxygen atoms in total. The minimum Gasteiger partial charge on any atom is -0.354 e. The normalized spacial score (nSPS) is 13.9. The molecule has 1 atom stereocenters. The maximum absolute atomic E-state index is 11.1. The summed E-state index contributed by atoms with van der Waals surface area (Å²) in [7, 11) is -3.25. The molecule has 0 heterocycles. The van der Waals surface area contributed by atoms with E-state index < -0.39 is 21.5 Å². The first-order chi connectivity index (χ1) is 6.70. The lowest BCUT2D eigenvalue weighted by molar-refractivity contribution is -0.118. The average Bonchev–Trinajstić information content (AvgIpc) is 1.96. The first-order valence-corrected chi connectivity index (χ1v) is 7.29. The number of hydrogen-bond acceptors (Lipinski definition) is 3. The molecule has 1 unspecified atom stereocenters. The Labute approximate surface area is 96.3 Å². The van der Waals surface area contributed by atoms with Gasteiger partial charge in [0, 0.05) is 12.8 Å². The molecule has 0 aliphatic carbocycles. The zero-order chi connectivity index (χ0) is 12.1. The number of halogens is 1. The third-order valence-electron chi connectivity index (χ3n) is 1.64. The van der Waals surface area contributed by atoms with Crippen LogP contribution in [0.2, 0.25) is 0 Å². The van der Waals surface area contributed by atoms with Crippen molar-refractivity contribution in [3.8, 4) is 0 Å². The maximum Gasteiger partial charge on any atom is 0.235 e. The molecule has 0 aliphatic rings. The molecule has 0 saturated heterocycles. The van der Waals surface area contributed by atoms with Crippen LogP contribution in [-0.2, 0) is 14.6 Å². The molecule has 1 N–H and O–H groups in total. The van der Waals surface area contributed by atoms with Gasteiger partial charge in [-0.2, -0.15) is 0 Å². The van der Waals surface area contributed by atoms with E-state index in [9.17, 15) is 13.2 Å². The highest BCUT2D eigenvalue weighted by atomic mass is 35.5. The maximum atomic E-state index is 11.1. The van der Waals surface area contributed by atoms with Gasteiger partial charge in [-0.1, -0.05) is 13.8 Å². The molecule has 15 heavy (non-hydrogen) atoms. The SMILES string of the molecule is CC(C)CC(Cl)CNC(=O)CS(C)(=O)=O. The number of hydrogen-bond donors (Lipinski definition) is 1. The third kappa shape index (κ3) is 10.0. The first kappa shape index (κ1) is 14.7. The summed E-state index contributed by atoms with van der Waals surface area (Å²) < 4.78 is 21.5. The second-order valence-electron chi connectivity index (χ2n) is 4.10. The molecule has 0 aromatic rings. The van der Waals surface area contributed by atoms with Crippen molar-refractivity contribution in [1.29, 1.82) is 0 Å². The predicted molar refractivity (Wildman–Crippen MR) is 61.8 cm³/mol. The van der Waals surface area contributed by atoms with Gasteiger partial charge in [-0.3, -0.25) is 4.79 Å². The Morgan fingerprint density at radius 1 is 1.40 bits per heavy atom. The first-order valence-electron chi connectivity index (χ1n) is 4.79. The van der Waals surface area contributed by atoms with Crippen molar-refractivity contribution in [3.05, 3.63) is 0 Å². The predicted octanol–water partition coefficient (Wildman–Crippen LogP) is 0.801. The van der Waals surface area contributed by atoms with E-state index in [0.29, 0.717) is 12.5 Å². The van der Waals surface area contributed by atoms with Gasteiger partial charge in [0.2, 0.25) is 5.91 Å². The van der Waals surface area contributed by atoms with Crippen molar-refractivity contribution < 1.29 is 13.2 Å². The number of rotatable bonds is 6. The van der Waals surface area contributed by atoms with Crippen molar-refractivity contribution in [1.82, 2.24) is 5.32 Å². The van der Waals surface area contributed by atoms with E-state index in [1.807, 2.05) is 13.8 Å². The van der Waals surface area contributed by atoms with Crippen LogP contribution in [0.3, 0.4) is 0 Å². The molecule has 0 aromatic carbocycles. The summed E-state index contributed by atoms with van der Waals surface area (Å²) in [5, 5.41) is 2.35. The van der Waals surface area contributed by atoms with Crippen LogP contribution in [0.5, 0.6) is 0 Å². The van der Waals surface area contributed by atoms with Crippen LogP contribution >= 0.6 is 11.6 Å². The summed E-state index contributed by atoms with van der Waals surface area (Å²) in [6, 6.07) is 0. The van der Waals surface area contributed by atoms with Gasteiger partial charge in [0.1, 0.15) is 5.75 Å². The Balaban J connectivity index is 3.81. The van der Waals surface area contributed by atoms with Crippen LogP contribution in [0, 0.1) is 5.92 Å². The highest BCUT2D eigenvalue weighted by Gasteiger charge is 2.13. The molecule has 0 radical (unpaired) electrons. The third-order valence-corrected chi connectivity index (χ3v) is 2.76. The largest absolute Gasteiger partial charge is 0.354 e. The molecule has 0 rings (SSSR count). The molecule has 1 amide bonds. The van der Waals surface area contributed by atoms with Gasteiger partial charge < -0.3 is 5.32 Å². The monoisotopic (exact) mass is 255 g/mol. The van der Waals surface area contributed by atoms with Crippen LogP contribution in [0.1, 0.15) is 20.3 Å². The molecule has 0 saturated carbocycles. The fraction of sp³-hybridized carbons (Fsp3) is 0.889. The Morgan fingerprint density at radius 2 is 1.93 bits per heavy atom. The fourth-order valence-corrected chi connectivity index (χ4v) is 2.12. The minimum absolute atomic E-state index is 0.145. The zero-order valence-corrected chi connectivity index (χ0v) is 10.9. The van der Waals surface area contributed by atoms with Crippen molar-refractivity contribution in [2.24, 2.45) is 5.92 Å². The number of sulfone groups is 1. The van der Waals surface area contributed by atoms with E-state index >= 15 is 0 Å². The number of nitrogens with one attached hydrogen (secondary N) is 1. The fourth-order valence-electron chi connectivity index (χ4n) is 1.11. The summed E-state index contributed by atoms with van der Waals surface area (Å²) >= 11 is 5.93. The van der Waals surface area contributed by atoms with E-state index in [4.69, 9.17) is 11.6 Å².